The molecule has 3 aromatic carbocycles. The third-order valence-corrected chi connectivity index (χ3v) is 4.11. The van der Waals surface area contributed by atoms with Crippen molar-refractivity contribution in [1.82, 2.24) is 0 Å². The van der Waals surface area contributed by atoms with Crippen molar-refractivity contribution in [1.29, 1.82) is 0 Å². The molecule has 1 N–H and O–H groups in total. The molecular formula is C23H18O6. The number of benzene rings is 3. The number of carbonyl (C=O) groups is 3. The van der Waals surface area contributed by atoms with Gasteiger partial charge >= 0.3 is 11.9 Å². The third kappa shape index (κ3) is 5.29. The number of rotatable bonds is 8. The standard InChI is InChI=1S/C23H18O6/c24-21(16-4-2-1-3-5-16)17-6-8-19(9-7-17)23(27)29-15-14-28-20-12-10-18(11-13-20)22(25)26/h1-13H,14-15H2,(H,25,26). The van der Waals surface area contributed by atoms with E-state index in [9.17, 15) is 14.4 Å². The smallest absolute Gasteiger partial charge is 0.338 e. The van der Waals surface area contributed by atoms with Crippen LogP contribution in [0.1, 0.15) is 36.6 Å². The van der Waals surface area contributed by atoms with Gasteiger partial charge in [-0.1, -0.05) is 42.5 Å². The molecule has 0 amide bonds. The molecule has 0 atom stereocenters. The van der Waals surface area contributed by atoms with Gasteiger partial charge in [-0.3, -0.25) is 4.79 Å². The number of ether oxygens (including phenoxy) is 2. The Balaban J connectivity index is 1.48. The molecule has 0 aliphatic carbocycles. The Morgan fingerprint density at radius 2 is 1.21 bits per heavy atom. The maximum absolute atomic E-state index is 12.4. The Morgan fingerprint density at radius 3 is 1.83 bits per heavy atom. The fraction of sp³-hybridized carbons (Fsp3) is 0.0870. The number of hydrogen-bond acceptors (Lipinski definition) is 5. The largest absolute Gasteiger partial charge is 0.490 e. The molecule has 3 aromatic rings. The van der Waals surface area contributed by atoms with Crippen LogP contribution in [0.4, 0.5) is 0 Å². The first-order valence-electron chi connectivity index (χ1n) is 8.87. The van der Waals surface area contributed by atoms with Crippen LogP contribution in [0.5, 0.6) is 5.75 Å². The summed E-state index contributed by atoms with van der Waals surface area (Å²) in [6.07, 6.45) is 0. The fourth-order valence-electron chi connectivity index (χ4n) is 2.58. The number of carboxylic acids is 1. The van der Waals surface area contributed by atoms with Gasteiger partial charge in [-0.2, -0.15) is 0 Å². The van der Waals surface area contributed by atoms with Crippen molar-refractivity contribution in [3.8, 4) is 5.75 Å². The average molecular weight is 390 g/mol. The van der Waals surface area contributed by atoms with Crippen LogP contribution in [0.3, 0.4) is 0 Å². The lowest BCUT2D eigenvalue weighted by molar-refractivity contribution is 0.0449. The van der Waals surface area contributed by atoms with Crippen LogP contribution < -0.4 is 4.74 Å². The van der Waals surface area contributed by atoms with E-state index in [0.717, 1.165) is 0 Å². The van der Waals surface area contributed by atoms with Crippen LogP contribution in [0.25, 0.3) is 0 Å². The van der Waals surface area contributed by atoms with Gasteiger partial charge in [0.2, 0.25) is 0 Å². The molecule has 0 saturated heterocycles. The van der Waals surface area contributed by atoms with Crippen LogP contribution in [0.15, 0.2) is 78.9 Å². The lowest BCUT2D eigenvalue weighted by atomic mass is 10.0. The Hall–Kier alpha value is -3.93. The van der Waals surface area contributed by atoms with Gasteiger partial charge in [-0.15, -0.1) is 0 Å². The zero-order chi connectivity index (χ0) is 20.6. The van der Waals surface area contributed by atoms with Crippen molar-refractivity contribution in [2.75, 3.05) is 13.2 Å². The summed E-state index contributed by atoms with van der Waals surface area (Å²) in [7, 11) is 0. The number of esters is 1. The predicted molar refractivity (Wildman–Crippen MR) is 105 cm³/mol. The van der Waals surface area contributed by atoms with Crippen molar-refractivity contribution >= 4 is 17.7 Å². The molecule has 0 aliphatic rings. The van der Waals surface area contributed by atoms with Gasteiger partial charge in [0, 0.05) is 11.1 Å². The normalized spacial score (nSPS) is 10.2. The fourth-order valence-corrected chi connectivity index (χ4v) is 2.58. The highest BCUT2D eigenvalue weighted by atomic mass is 16.6. The van der Waals surface area contributed by atoms with Crippen LogP contribution in [0, 0.1) is 0 Å². The van der Waals surface area contributed by atoms with E-state index in [1.54, 1.807) is 48.5 Å². The molecule has 0 spiro atoms. The van der Waals surface area contributed by atoms with Crippen molar-refractivity contribution < 1.29 is 29.0 Å². The minimum atomic E-state index is -1.01. The molecule has 146 valence electrons. The van der Waals surface area contributed by atoms with Gasteiger partial charge in [-0.05, 0) is 36.4 Å². The highest BCUT2D eigenvalue weighted by Crippen LogP contribution is 2.13. The summed E-state index contributed by atoms with van der Waals surface area (Å²) in [5, 5.41) is 8.85. The van der Waals surface area contributed by atoms with E-state index in [1.165, 1.54) is 24.3 Å². The molecule has 3 rings (SSSR count). The van der Waals surface area contributed by atoms with E-state index in [1.807, 2.05) is 6.07 Å². The van der Waals surface area contributed by atoms with E-state index >= 15 is 0 Å². The molecule has 0 heterocycles. The summed E-state index contributed by atoms with van der Waals surface area (Å²) in [6, 6.07) is 21.1. The Morgan fingerprint density at radius 1 is 0.655 bits per heavy atom. The maximum atomic E-state index is 12.4. The SMILES string of the molecule is O=C(O)c1ccc(OCCOC(=O)c2ccc(C(=O)c3ccccc3)cc2)cc1. The number of carboxylic acid groups (broad SMARTS) is 1. The van der Waals surface area contributed by atoms with E-state index in [0.29, 0.717) is 22.4 Å². The lowest BCUT2D eigenvalue weighted by Gasteiger charge is -2.08. The Labute approximate surface area is 167 Å². The van der Waals surface area contributed by atoms with Gasteiger partial charge < -0.3 is 14.6 Å². The van der Waals surface area contributed by atoms with Crippen molar-refractivity contribution in [3.05, 3.63) is 101 Å². The number of hydrogen-bond donors (Lipinski definition) is 1. The molecule has 6 nitrogen and oxygen atoms in total. The quantitative estimate of drug-likeness (QED) is 0.357. The summed E-state index contributed by atoms with van der Waals surface area (Å²) in [5.74, 6) is -1.17. The summed E-state index contributed by atoms with van der Waals surface area (Å²) in [6.45, 7) is 0.160. The van der Waals surface area contributed by atoms with Crippen LogP contribution in [-0.4, -0.2) is 36.0 Å². The second kappa shape index (κ2) is 9.32. The third-order valence-electron chi connectivity index (χ3n) is 4.11. The molecule has 0 unspecified atom stereocenters. The maximum Gasteiger partial charge on any atom is 0.338 e. The number of carbonyl (C=O) groups excluding carboxylic acids is 2. The zero-order valence-electron chi connectivity index (χ0n) is 15.4. The zero-order valence-corrected chi connectivity index (χ0v) is 15.4. The molecule has 0 aliphatic heterocycles. The Kier molecular flexibility index (Phi) is 6.37. The molecule has 0 aromatic heterocycles. The van der Waals surface area contributed by atoms with Gasteiger partial charge in [0.05, 0.1) is 11.1 Å². The van der Waals surface area contributed by atoms with Gasteiger partial charge in [0.1, 0.15) is 19.0 Å². The summed E-state index contributed by atoms with van der Waals surface area (Å²) >= 11 is 0. The molecule has 0 fully saturated rings. The summed E-state index contributed by atoms with van der Waals surface area (Å²) in [5.41, 5.74) is 1.57. The van der Waals surface area contributed by atoms with Gasteiger partial charge in [0.15, 0.2) is 5.78 Å². The molecule has 6 heteroatoms. The molecule has 0 radical (unpaired) electrons. The van der Waals surface area contributed by atoms with Crippen LogP contribution in [0.2, 0.25) is 0 Å². The molecule has 0 bridgehead atoms. The van der Waals surface area contributed by atoms with E-state index < -0.39 is 11.9 Å². The van der Waals surface area contributed by atoms with E-state index in [2.05, 4.69) is 0 Å². The summed E-state index contributed by atoms with van der Waals surface area (Å²) in [4.78, 5) is 35.3. The number of aromatic carboxylic acids is 1. The number of ketones is 1. The minimum Gasteiger partial charge on any atom is -0.490 e. The lowest BCUT2D eigenvalue weighted by Crippen LogP contribution is -2.12. The summed E-state index contributed by atoms with van der Waals surface area (Å²) < 4.78 is 10.6. The van der Waals surface area contributed by atoms with Crippen LogP contribution in [-0.2, 0) is 4.74 Å². The highest BCUT2D eigenvalue weighted by molar-refractivity contribution is 6.09. The molecule has 29 heavy (non-hydrogen) atoms. The Bertz CT molecular complexity index is 992. The first kappa shape index (κ1) is 19.8. The molecule has 0 saturated carbocycles. The first-order valence-corrected chi connectivity index (χ1v) is 8.87. The van der Waals surface area contributed by atoms with Crippen molar-refractivity contribution in [3.63, 3.8) is 0 Å². The van der Waals surface area contributed by atoms with Crippen molar-refractivity contribution in [2.24, 2.45) is 0 Å². The van der Waals surface area contributed by atoms with E-state index in [4.69, 9.17) is 14.6 Å². The second-order valence-electron chi connectivity index (χ2n) is 6.09. The van der Waals surface area contributed by atoms with Crippen molar-refractivity contribution in [2.45, 2.75) is 0 Å². The van der Waals surface area contributed by atoms with Gasteiger partial charge in [-0.25, -0.2) is 9.59 Å². The highest BCUT2D eigenvalue weighted by Gasteiger charge is 2.11. The first-order chi connectivity index (χ1) is 14.0. The van der Waals surface area contributed by atoms with Gasteiger partial charge in [0.25, 0.3) is 0 Å². The minimum absolute atomic E-state index is 0.0320. The average Bonchev–Trinajstić information content (AvgIpc) is 2.77. The van der Waals surface area contributed by atoms with Crippen LogP contribution >= 0.6 is 0 Å². The predicted octanol–water partition coefficient (Wildman–Crippen LogP) is 3.85. The molecular weight excluding hydrogens is 372 g/mol. The monoisotopic (exact) mass is 390 g/mol. The van der Waals surface area contributed by atoms with E-state index in [-0.39, 0.29) is 24.6 Å². The topological polar surface area (TPSA) is 89.9 Å². The second-order valence-corrected chi connectivity index (χ2v) is 6.09.